The Morgan fingerprint density at radius 1 is 1.35 bits per heavy atom. The SMILES string of the molecule is CC(CCS(C)=O)NC(=O)Cc1ccccc1C(=O)O. The van der Waals surface area contributed by atoms with E-state index in [1.165, 1.54) is 6.07 Å². The van der Waals surface area contributed by atoms with Gasteiger partial charge in [0.15, 0.2) is 0 Å². The van der Waals surface area contributed by atoms with Gasteiger partial charge in [-0.1, -0.05) is 18.2 Å². The molecule has 2 unspecified atom stereocenters. The molecular formula is C14H19NO4S. The Morgan fingerprint density at radius 2 is 2.00 bits per heavy atom. The number of aromatic carboxylic acids is 1. The predicted octanol–water partition coefficient (Wildman–Crippen LogP) is 1.20. The van der Waals surface area contributed by atoms with Gasteiger partial charge in [-0.05, 0) is 25.0 Å². The molecule has 6 heteroatoms. The molecule has 0 aliphatic rings. The average Bonchev–Trinajstić information content (AvgIpc) is 2.36. The van der Waals surface area contributed by atoms with E-state index in [0.717, 1.165) is 0 Å². The third kappa shape index (κ3) is 5.52. The minimum absolute atomic E-state index is 0.0298. The summed E-state index contributed by atoms with van der Waals surface area (Å²) in [5.74, 6) is -0.733. The van der Waals surface area contributed by atoms with Crippen LogP contribution in [0.2, 0.25) is 0 Å². The Balaban J connectivity index is 2.58. The predicted molar refractivity (Wildman–Crippen MR) is 78.3 cm³/mol. The van der Waals surface area contributed by atoms with Crippen LogP contribution in [0, 0.1) is 0 Å². The molecule has 5 nitrogen and oxygen atoms in total. The lowest BCUT2D eigenvalue weighted by Crippen LogP contribution is -2.34. The van der Waals surface area contributed by atoms with Gasteiger partial charge < -0.3 is 10.4 Å². The zero-order chi connectivity index (χ0) is 15.1. The maximum Gasteiger partial charge on any atom is 0.335 e. The van der Waals surface area contributed by atoms with Crippen molar-refractivity contribution in [3.05, 3.63) is 35.4 Å². The molecule has 1 amide bonds. The molecule has 2 N–H and O–H groups in total. The second-order valence-electron chi connectivity index (χ2n) is 4.67. The Labute approximate surface area is 120 Å². The molecule has 1 aromatic rings. The summed E-state index contributed by atoms with van der Waals surface area (Å²) in [7, 11) is -0.878. The molecule has 110 valence electrons. The van der Waals surface area contributed by atoms with Crippen LogP contribution in [0.4, 0.5) is 0 Å². The van der Waals surface area contributed by atoms with Crippen molar-refractivity contribution in [3.63, 3.8) is 0 Å². The highest BCUT2D eigenvalue weighted by Gasteiger charge is 2.14. The first-order chi connectivity index (χ1) is 9.40. The summed E-state index contributed by atoms with van der Waals surface area (Å²) in [6, 6.07) is 6.37. The van der Waals surface area contributed by atoms with Crippen molar-refractivity contribution in [1.82, 2.24) is 5.32 Å². The van der Waals surface area contributed by atoms with Crippen LogP contribution < -0.4 is 5.32 Å². The number of amides is 1. The number of carboxylic acids is 1. The lowest BCUT2D eigenvalue weighted by Gasteiger charge is -2.13. The maximum absolute atomic E-state index is 11.9. The van der Waals surface area contributed by atoms with Crippen LogP contribution in [0.25, 0.3) is 0 Å². The quantitative estimate of drug-likeness (QED) is 0.792. The number of benzene rings is 1. The van der Waals surface area contributed by atoms with Gasteiger partial charge in [-0.15, -0.1) is 0 Å². The smallest absolute Gasteiger partial charge is 0.335 e. The van der Waals surface area contributed by atoms with E-state index < -0.39 is 16.8 Å². The lowest BCUT2D eigenvalue weighted by atomic mass is 10.0. The highest BCUT2D eigenvalue weighted by atomic mass is 32.2. The Hall–Kier alpha value is -1.69. The van der Waals surface area contributed by atoms with Crippen LogP contribution in [0.1, 0.15) is 29.3 Å². The van der Waals surface area contributed by atoms with E-state index in [0.29, 0.717) is 17.7 Å². The fourth-order valence-electron chi connectivity index (χ4n) is 1.80. The van der Waals surface area contributed by atoms with Crippen LogP contribution in [0.3, 0.4) is 0 Å². The lowest BCUT2D eigenvalue weighted by molar-refractivity contribution is -0.121. The Morgan fingerprint density at radius 3 is 2.60 bits per heavy atom. The van der Waals surface area contributed by atoms with E-state index in [1.807, 2.05) is 6.92 Å². The van der Waals surface area contributed by atoms with Crippen LogP contribution in [0.5, 0.6) is 0 Å². The number of carboxylic acid groups (broad SMARTS) is 1. The van der Waals surface area contributed by atoms with Crippen molar-refractivity contribution in [2.24, 2.45) is 0 Å². The van der Waals surface area contributed by atoms with Crippen LogP contribution in [0.15, 0.2) is 24.3 Å². The highest BCUT2D eigenvalue weighted by Crippen LogP contribution is 2.09. The Kier molecular flexibility index (Phi) is 6.38. The van der Waals surface area contributed by atoms with Gasteiger partial charge in [-0.3, -0.25) is 9.00 Å². The summed E-state index contributed by atoms with van der Waals surface area (Å²) < 4.78 is 11.0. The zero-order valence-corrected chi connectivity index (χ0v) is 12.4. The third-order valence-corrected chi connectivity index (χ3v) is 3.66. The van der Waals surface area contributed by atoms with Crippen molar-refractivity contribution < 1.29 is 18.9 Å². The van der Waals surface area contributed by atoms with Gasteiger partial charge in [0, 0.05) is 28.9 Å². The molecule has 0 aliphatic carbocycles. The molecule has 0 aliphatic heterocycles. The van der Waals surface area contributed by atoms with E-state index in [4.69, 9.17) is 5.11 Å². The first kappa shape index (κ1) is 16.4. The van der Waals surface area contributed by atoms with Crippen molar-refractivity contribution in [1.29, 1.82) is 0 Å². The summed E-state index contributed by atoms with van der Waals surface area (Å²) in [4.78, 5) is 22.9. The molecule has 1 rings (SSSR count). The van der Waals surface area contributed by atoms with Crippen molar-refractivity contribution >= 4 is 22.7 Å². The van der Waals surface area contributed by atoms with Gasteiger partial charge in [0.2, 0.25) is 5.91 Å². The van der Waals surface area contributed by atoms with Crippen molar-refractivity contribution in [3.8, 4) is 0 Å². The standard InChI is InChI=1S/C14H19NO4S/c1-10(7-8-20(2)19)15-13(16)9-11-5-3-4-6-12(11)14(17)18/h3-6,10H,7-9H2,1-2H3,(H,15,16)(H,17,18). The van der Waals surface area contributed by atoms with E-state index in [2.05, 4.69) is 5.32 Å². The van der Waals surface area contributed by atoms with E-state index in [-0.39, 0.29) is 23.9 Å². The number of rotatable bonds is 7. The third-order valence-electron chi connectivity index (χ3n) is 2.84. The van der Waals surface area contributed by atoms with E-state index in [1.54, 1.807) is 24.5 Å². The fraction of sp³-hybridized carbons (Fsp3) is 0.429. The number of hydrogen-bond donors (Lipinski definition) is 2. The van der Waals surface area contributed by atoms with Gasteiger partial charge in [0.25, 0.3) is 0 Å². The van der Waals surface area contributed by atoms with Gasteiger partial charge in [-0.25, -0.2) is 4.79 Å². The van der Waals surface area contributed by atoms with Crippen LogP contribution in [-0.4, -0.2) is 39.2 Å². The van der Waals surface area contributed by atoms with Crippen molar-refractivity contribution in [2.75, 3.05) is 12.0 Å². The summed E-state index contributed by atoms with van der Waals surface area (Å²) in [5.41, 5.74) is 0.633. The molecule has 0 fully saturated rings. The van der Waals surface area contributed by atoms with Gasteiger partial charge in [-0.2, -0.15) is 0 Å². The molecule has 1 aromatic carbocycles. The Bertz CT molecular complexity index is 516. The van der Waals surface area contributed by atoms with E-state index >= 15 is 0 Å². The monoisotopic (exact) mass is 297 g/mol. The largest absolute Gasteiger partial charge is 0.478 e. The van der Waals surface area contributed by atoms with Crippen molar-refractivity contribution in [2.45, 2.75) is 25.8 Å². The second-order valence-corrected chi connectivity index (χ2v) is 6.23. The first-order valence-electron chi connectivity index (χ1n) is 6.30. The number of nitrogens with one attached hydrogen (secondary N) is 1. The molecule has 0 aromatic heterocycles. The molecule has 0 saturated carbocycles. The zero-order valence-electron chi connectivity index (χ0n) is 11.6. The molecular weight excluding hydrogens is 278 g/mol. The summed E-state index contributed by atoms with van der Waals surface area (Å²) >= 11 is 0. The number of hydrogen-bond acceptors (Lipinski definition) is 3. The van der Waals surface area contributed by atoms with Gasteiger partial charge in [0.1, 0.15) is 0 Å². The summed E-state index contributed by atoms with van der Waals surface area (Å²) in [6.07, 6.45) is 2.29. The minimum Gasteiger partial charge on any atom is -0.478 e. The summed E-state index contributed by atoms with van der Waals surface area (Å²) in [6.45, 7) is 1.84. The molecule has 20 heavy (non-hydrogen) atoms. The average molecular weight is 297 g/mol. The molecule has 0 spiro atoms. The van der Waals surface area contributed by atoms with Gasteiger partial charge >= 0.3 is 5.97 Å². The number of carbonyl (C=O) groups is 2. The molecule has 0 radical (unpaired) electrons. The van der Waals surface area contributed by atoms with Crippen LogP contribution in [-0.2, 0) is 22.0 Å². The molecule has 2 atom stereocenters. The van der Waals surface area contributed by atoms with E-state index in [9.17, 15) is 13.8 Å². The topological polar surface area (TPSA) is 83.5 Å². The molecule has 0 bridgehead atoms. The summed E-state index contributed by atoms with van der Waals surface area (Å²) in [5, 5.41) is 11.8. The normalized spacial score (nSPS) is 13.5. The minimum atomic E-state index is -1.04. The maximum atomic E-state index is 11.9. The van der Waals surface area contributed by atoms with Gasteiger partial charge in [0.05, 0.1) is 12.0 Å². The first-order valence-corrected chi connectivity index (χ1v) is 8.03. The van der Waals surface area contributed by atoms with Crippen LogP contribution >= 0.6 is 0 Å². The molecule has 0 heterocycles. The fourth-order valence-corrected chi connectivity index (χ4v) is 2.48. The highest BCUT2D eigenvalue weighted by molar-refractivity contribution is 7.84. The number of carbonyl (C=O) groups excluding carboxylic acids is 1. The second kappa shape index (κ2) is 7.79. The molecule has 0 saturated heterocycles.